The summed E-state index contributed by atoms with van der Waals surface area (Å²) in [5.74, 6) is -0.587. The molecule has 1 saturated heterocycles. The normalized spacial score (nSPS) is 18.7. The average Bonchev–Trinajstić information content (AvgIpc) is 2.38. The van der Waals surface area contributed by atoms with E-state index >= 15 is 0 Å². The molecule has 0 aromatic carbocycles. The van der Waals surface area contributed by atoms with Gasteiger partial charge in [-0.15, -0.1) is 0 Å². The fourth-order valence-corrected chi connectivity index (χ4v) is 2.34. The van der Waals surface area contributed by atoms with Crippen LogP contribution in [0.15, 0.2) is 0 Å². The van der Waals surface area contributed by atoms with Crippen molar-refractivity contribution in [1.82, 2.24) is 15.5 Å². The summed E-state index contributed by atoms with van der Waals surface area (Å²) >= 11 is 0. The monoisotopic (exact) mass is 357 g/mol. The highest BCUT2D eigenvalue weighted by molar-refractivity contribution is 5.86. The average molecular weight is 357 g/mol. The second-order valence-corrected chi connectivity index (χ2v) is 8.07. The first-order valence-corrected chi connectivity index (χ1v) is 8.58. The van der Waals surface area contributed by atoms with Crippen molar-refractivity contribution in [3.05, 3.63) is 0 Å². The lowest BCUT2D eigenvalue weighted by atomic mass is 10.1. The van der Waals surface area contributed by atoms with Crippen LogP contribution in [0.3, 0.4) is 0 Å². The van der Waals surface area contributed by atoms with Gasteiger partial charge in [-0.05, 0) is 48.0 Å². The van der Waals surface area contributed by atoms with Gasteiger partial charge in [0, 0.05) is 19.6 Å². The minimum atomic E-state index is -0.578. The number of esters is 1. The van der Waals surface area contributed by atoms with Crippen molar-refractivity contribution in [1.29, 1.82) is 0 Å². The number of hydrogen-bond donors (Lipinski definition) is 2. The van der Waals surface area contributed by atoms with E-state index in [0.717, 1.165) is 0 Å². The number of rotatable bonds is 5. The molecule has 1 aliphatic rings. The molecule has 25 heavy (non-hydrogen) atoms. The maximum absolute atomic E-state index is 12.4. The van der Waals surface area contributed by atoms with Crippen molar-refractivity contribution in [2.75, 3.05) is 26.2 Å². The molecule has 2 amide bonds. The maximum atomic E-state index is 12.4. The van der Waals surface area contributed by atoms with Crippen LogP contribution < -0.4 is 10.6 Å². The molecule has 8 heteroatoms. The van der Waals surface area contributed by atoms with Gasteiger partial charge < -0.3 is 25.0 Å². The molecule has 144 valence electrons. The van der Waals surface area contributed by atoms with Crippen molar-refractivity contribution < 1.29 is 23.9 Å². The van der Waals surface area contributed by atoms with Crippen molar-refractivity contribution in [3.8, 4) is 0 Å². The molecule has 1 fully saturated rings. The first kappa shape index (κ1) is 21.2. The summed E-state index contributed by atoms with van der Waals surface area (Å²) in [7, 11) is 0. The minimum Gasteiger partial charge on any atom is -0.459 e. The third-order valence-corrected chi connectivity index (χ3v) is 3.22. The maximum Gasteiger partial charge on any atom is 0.407 e. The van der Waals surface area contributed by atoms with Crippen molar-refractivity contribution in [3.63, 3.8) is 0 Å². The Morgan fingerprint density at radius 1 is 1.16 bits per heavy atom. The van der Waals surface area contributed by atoms with Gasteiger partial charge in [-0.25, -0.2) is 4.79 Å². The predicted molar refractivity (Wildman–Crippen MR) is 93.1 cm³/mol. The third-order valence-electron chi connectivity index (χ3n) is 3.22. The lowest BCUT2D eigenvalue weighted by Crippen LogP contribution is -2.57. The summed E-state index contributed by atoms with van der Waals surface area (Å²) in [5.41, 5.74) is -1.14. The summed E-state index contributed by atoms with van der Waals surface area (Å²) in [4.78, 5) is 37.5. The van der Waals surface area contributed by atoms with E-state index in [4.69, 9.17) is 9.47 Å². The van der Waals surface area contributed by atoms with E-state index in [1.807, 2.05) is 0 Å². The van der Waals surface area contributed by atoms with Crippen molar-refractivity contribution in [2.24, 2.45) is 0 Å². The van der Waals surface area contributed by atoms with Gasteiger partial charge in [0.15, 0.2) is 0 Å². The standard InChI is InChI=1S/C17H31N3O5/c1-16(2,3)24-13(21)11-20-10-9-18-12(14(20)22)7-8-19-15(23)25-17(4,5)6/h12,18H,7-11H2,1-6H3,(H,19,23). The Bertz CT molecular complexity index is 493. The quantitative estimate of drug-likeness (QED) is 0.714. The van der Waals surface area contributed by atoms with Gasteiger partial charge in [-0.2, -0.15) is 0 Å². The molecular weight excluding hydrogens is 326 g/mol. The minimum absolute atomic E-state index is 0.0617. The van der Waals surface area contributed by atoms with Gasteiger partial charge in [0.05, 0.1) is 6.04 Å². The predicted octanol–water partition coefficient (Wildman–Crippen LogP) is 1.04. The molecule has 1 unspecified atom stereocenters. The topological polar surface area (TPSA) is 97.0 Å². The van der Waals surface area contributed by atoms with Gasteiger partial charge >= 0.3 is 12.1 Å². The van der Waals surface area contributed by atoms with E-state index < -0.39 is 29.3 Å². The van der Waals surface area contributed by atoms with Crippen LogP contribution in [-0.2, 0) is 19.1 Å². The molecule has 0 saturated carbocycles. The number of amides is 2. The molecule has 0 spiro atoms. The van der Waals surface area contributed by atoms with Crippen molar-refractivity contribution in [2.45, 2.75) is 65.2 Å². The number of carbonyl (C=O) groups excluding carboxylic acids is 3. The van der Waals surface area contributed by atoms with E-state index in [2.05, 4.69) is 10.6 Å². The second-order valence-electron chi connectivity index (χ2n) is 8.07. The molecule has 8 nitrogen and oxygen atoms in total. The van der Waals surface area contributed by atoms with Crippen LogP contribution in [0.5, 0.6) is 0 Å². The van der Waals surface area contributed by atoms with Crippen molar-refractivity contribution >= 4 is 18.0 Å². The molecule has 2 N–H and O–H groups in total. The zero-order valence-electron chi connectivity index (χ0n) is 16.1. The summed E-state index contributed by atoms with van der Waals surface area (Å²) in [6.45, 7) is 12.0. The summed E-state index contributed by atoms with van der Waals surface area (Å²) in [6, 6.07) is -0.439. The molecule has 0 aromatic rings. The molecule has 1 aliphatic heterocycles. The van der Waals surface area contributed by atoms with Crippen LogP contribution in [0, 0.1) is 0 Å². The zero-order valence-corrected chi connectivity index (χ0v) is 16.1. The van der Waals surface area contributed by atoms with E-state index in [1.54, 1.807) is 41.5 Å². The Kier molecular flexibility index (Phi) is 7.22. The number of nitrogens with zero attached hydrogens (tertiary/aromatic N) is 1. The second kappa shape index (κ2) is 8.51. The number of alkyl carbamates (subject to hydrolysis) is 1. The number of ether oxygens (including phenoxy) is 2. The van der Waals surface area contributed by atoms with Crippen LogP contribution in [0.2, 0.25) is 0 Å². The lowest BCUT2D eigenvalue weighted by molar-refractivity contribution is -0.159. The molecule has 0 aliphatic carbocycles. The van der Waals surface area contributed by atoms with Crippen LogP contribution in [0.25, 0.3) is 0 Å². The Hall–Kier alpha value is -1.83. The molecule has 1 atom stereocenters. The van der Waals surface area contributed by atoms with Crippen LogP contribution in [0.4, 0.5) is 4.79 Å². The summed E-state index contributed by atoms with van der Waals surface area (Å²) in [5, 5.41) is 5.74. The van der Waals surface area contributed by atoms with Gasteiger partial charge in [0.25, 0.3) is 0 Å². The zero-order chi connectivity index (χ0) is 19.3. The highest BCUT2D eigenvalue weighted by Crippen LogP contribution is 2.10. The Morgan fingerprint density at radius 2 is 1.76 bits per heavy atom. The third kappa shape index (κ3) is 8.72. The highest BCUT2D eigenvalue weighted by Gasteiger charge is 2.30. The van der Waals surface area contributed by atoms with E-state index in [0.29, 0.717) is 26.1 Å². The number of hydrogen-bond acceptors (Lipinski definition) is 6. The van der Waals surface area contributed by atoms with Crippen LogP contribution >= 0.6 is 0 Å². The molecule has 1 heterocycles. The first-order valence-electron chi connectivity index (χ1n) is 8.58. The highest BCUT2D eigenvalue weighted by atomic mass is 16.6. The smallest absolute Gasteiger partial charge is 0.407 e. The molecule has 0 bridgehead atoms. The Labute approximate surface area is 149 Å². The fraction of sp³-hybridized carbons (Fsp3) is 0.824. The molecular formula is C17H31N3O5. The molecule has 0 aromatic heterocycles. The Morgan fingerprint density at radius 3 is 2.32 bits per heavy atom. The van der Waals surface area contributed by atoms with E-state index in [1.165, 1.54) is 4.90 Å². The number of nitrogens with one attached hydrogen (secondary N) is 2. The summed E-state index contributed by atoms with van der Waals surface area (Å²) in [6.07, 6.45) is -0.0931. The Balaban J connectivity index is 2.43. The van der Waals surface area contributed by atoms with Crippen LogP contribution in [0.1, 0.15) is 48.0 Å². The largest absolute Gasteiger partial charge is 0.459 e. The van der Waals surface area contributed by atoms with Gasteiger partial charge in [-0.3, -0.25) is 9.59 Å². The SMILES string of the molecule is CC(C)(C)OC(=O)CN1CCNC(CCNC(=O)OC(C)(C)C)C1=O. The van der Waals surface area contributed by atoms with Gasteiger partial charge in [-0.1, -0.05) is 0 Å². The summed E-state index contributed by atoms with van der Waals surface area (Å²) < 4.78 is 10.4. The number of piperazine rings is 1. The number of carbonyl (C=O) groups is 3. The van der Waals surface area contributed by atoms with E-state index in [-0.39, 0.29) is 12.5 Å². The fourth-order valence-electron chi connectivity index (χ4n) is 2.34. The first-order chi connectivity index (χ1) is 11.4. The molecule has 1 rings (SSSR count). The van der Waals surface area contributed by atoms with E-state index in [9.17, 15) is 14.4 Å². The van der Waals surface area contributed by atoms with Gasteiger partial charge in [0.2, 0.25) is 5.91 Å². The van der Waals surface area contributed by atoms with Gasteiger partial charge in [0.1, 0.15) is 17.7 Å². The molecule has 0 radical (unpaired) electrons. The van der Waals surface area contributed by atoms with Crippen LogP contribution in [-0.4, -0.2) is 66.3 Å². The lowest BCUT2D eigenvalue weighted by Gasteiger charge is -2.33.